The van der Waals surface area contributed by atoms with Crippen LogP contribution in [0.3, 0.4) is 0 Å². The molecule has 0 saturated heterocycles. The number of nitrogens with zero attached hydrogens (tertiary/aromatic N) is 2. The van der Waals surface area contributed by atoms with E-state index in [1.165, 1.54) is 12.3 Å². The molecule has 0 aliphatic carbocycles. The number of halogens is 1. The van der Waals surface area contributed by atoms with Gasteiger partial charge in [0.1, 0.15) is 11.4 Å². The number of hydrogen-bond donors (Lipinski definition) is 3. The maximum absolute atomic E-state index is 12.3. The van der Waals surface area contributed by atoms with Gasteiger partial charge in [0.05, 0.1) is 25.1 Å². The Kier molecular flexibility index (Phi) is 6.73. The van der Waals surface area contributed by atoms with Crippen LogP contribution in [0.25, 0.3) is 11.3 Å². The number of amides is 1. The fourth-order valence-corrected chi connectivity index (χ4v) is 2.99. The maximum Gasteiger partial charge on any atom is 0.289 e. The van der Waals surface area contributed by atoms with Crippen LogP contribution in [0.5, 0.6) is 17.2 Å². The number of ether oxygens (including phenoxy) is 2. The van der Waals surface area contributed by atoms with Crippen molar-refractivity contribution in [1.82, 2.24) is 15.6 Å². The lowest BCUT2D eigenvalue weighted by Crippen LogP contribution is -2.18. The van der Waals surface area contributed by atoms with Crippen LogP contribution in [0.1, 0.15) is 29.9 Å². The van der Waals surface area contributed by atoms with Gasteiger partial charge in [-0.15, -0.1) is 0 Å². The molecule has 30 heavy (non-hydrogen) atoms. The Balaban J connectivity index is 1.72. The zero-order valence-electron chi connectivity index (χ0n) is 16.6. The lowest BCUT2D eigenvalue weighted by Gasteiger charge is -2.14. The number of H-pyrrole nitrogens is 1. The van der Waals surface area contributed by atoms with E-state index in [9.17, 15) is 9.90 Å². The van der Waals surface area contributed by atoms with Crippen molar-refractivity contribution in [1.29, 1.82) is 0 Å². The predicted molar refractivity (Wildman–Crippen MR) is 117 cm³/mol. The normalized spacial score (nSPS) is 11.1. The van der Waals surface area contributed by atoms with Crippen molar-refractivity contribution in [2.45, 2.75) is 20.0 Å². The Hall–Kier alpha value is -3.33. The number of aromatic nitrogens is 2. The molecule has 0 saturated carbocycles. The molecule has 156 valence electrons. The van der Waals surface area contributed by atoms with Gasteiger partial charge in [-0.05, 0) is 56.3 Å². The van der Waals surface area contributed by atoms with Crippen LogP contribution in [-0.4, -0.2) is 40.6 Å². The third kappa shape index (κ3) is 5.18. The van der Waals surface area contributed by atoms with Crippen LogP contribution < -0.4 is 14.9 Å². The van der Waals surface area contributed by atoms with E-state index in [1.807, 2.05) is 19.9 Å². The Morgan fingerprint density at radius 2 is 2.03 bits per heavy atom. The molecular formula is C21H21BrN4O4. The number of methoxy groups -OCH3 is 1. The average molecular weight is 473 g/mol. The molecule has 0 aliphatic heterocycles. The number of carbonyl (C=O) groups is 1. The van der Waals surface area contributed by atoms with Gasteiger partial charge < -0.3 is 14.6 Å². The number of carbonyl (C=O) groups excluding carboxylic acids is 1. The molecule has 0 spiro atoms. The van der Waals surface area contributed by atoms with Crippen LogP contribution in [0.4, 0.5) is 0 Å². The average Bonchev–Trinajstić information content (AvgIpc) is 3.21. The Labute approximate surface area is 182 Å². The summed E-state index contributed by atoms with van der Waals surface area (Å²) in [6.07, 6.45) is 1.37. The SMILES string of the molecule is COc1cc(-c2cc(C(=O)N/N=C/c3cc(Br)ccc3O)[nH]n2)ccc1OC(C)C. The van der Waals surface area contributed by atoms with E-state index < -0.39 is 5.91 Å². The number of hydrogen-bond acceptors (Lipinski definition) is 6. The summed E-state index contributed by atoms with van der Waals surface area (Å²) < 4.78 is 11.9. The van der Waals surface area contributed by atoms with Gasteiger partial charge in [0.25, 0.3) is 5.91 Å². The minimum Gasteiger partial charge on any atom is -0.507 e. The zero-order chi connectivity index (χ0) is 21.7. The van der Waals surface area contributed by atoms with Crippen molar-refractivity contribution in [3.63, 3.8) is 0 Å². The summed E-state index contributed by atoms with van der Waals surface area (Å²) in [5.41, 5.74) is 4.44. The van der Waals surface area contributed by atoms with Crippen LogP contribution in [0.2, 0.25) is 0 Å². The molecule has 3 aromatic rings. The summed E-state index contributed by atoms with van der Waals surface area (Å²) in [5, 5.41) is 20.6. The molecule has 1 aromatic heterocycles. The number of rotatable bonds is 7. The highest BCUT2D eigenvalue weighted by Gasteiger charge is 2.13. The highest BCUT2D eigenvalue weighted by molar-refractivity contribution is 9.10. The van der Waals surface area contributed by atoms with E-state index in [0.29, 0.717) is 22.8 Å². The quantitative estimate of drug-likeness (QED) is 0.354. The molecule has 9 heteroatoms. The van der Waals surface area contributed by atoms with E-state index >= 15 is 0 Å². The van der Waals surface area contributed by atoms with E-state index in [2.05, 4.69) is 36.7 Å². The molecule has 8 nitrogen and oxygen atoms in total. The second-order valence-electron chi connectivity index (χ2n) is 6.60. The number of nitrogens with one attached hydrogen (secondary N) is 2. The first-order chi connectivity index (χ1) is 14.4. The number of phenols is 1. The molecule has 3 rings (SSSR count). The molecule has 1 heterocycles. The van der Waals surface area contributed by atoms with Gasteiger partial charge in [-0.25, -0.2) is 5.43 Å². The molecule has 0 bridgehead atoms. The number of benzene rings is 2. The Bertz CT molecular complexity index is 1080. The summed E-state index contributed by atoms with van der Waals surface area (Å²) in [5.74, 6) is 0.800. The number of aromatic hydroxyl groups is 1. The van der Waals surface area contributed by atoms with E-state index in [0.717, 1.165) is 10.0 Å². The first kappa shape index (κ1) is 21.4. The predicted octanol–water partition coefficient (Wildman–Crippen LogP) is 4.10. The zero-order valence-corrected chi connectivity index (χ0v) is 18.2. The summed E-state index contributed by atoms with van der Waals surface area (Å²) in [6, 6.07) is 12.0. The van der Waals surface area contributed by atoms with Crippen LogP contribution in [0.15, 0.2) is 52.0 Å². The second kappa shape index (κ2) is 9.45. The highest BCUT2D eigenvalue weighted by atomic mass is 79.9. The maximum atomic E-state index is 12.3. The lowest BCUT2D eigenvalue weighted by molar-refractivity contribution is 0.0950. The fourth-order valence-electron chi connectivity index (χ4n) is 2.61. The molecule has 0 atom stereocenters. The number of hydrazone groups is 1. The largest absolute Gasteiger partial charge is 0.507 e. The van der Waals surface area contributed by atoms with Gasteiger partial charge in [0.2, 0.25) is 0 Å². The van der Waals surface area contributed by atoms with Gasteiger partial charge in [-0.3, -0.25) is 9.89 Å². The van der Waals surface area contributed by atoms with Crippen molar-refractivity contribution in [3.05, 3.63) is 58.2 Å². The van der Waals surface area contributed by atoms with Crippen LogP contribution >= 0.6 is 15.9 Å². The first-order valence-electron chi connectivity index (χ1n) is 9.09. The van der Waals surface area contributed by atoms with Gasteiger partial charge >= 0.3 is 0 Å². The number of aromatic amines is 1. The second-order valence-corrected chi connectivity index (χ2v) is 7.52. The molecular weight excluding hydrogens is 452 g/mol. The van der Waals surface area contributed by atoms with Crippen LogP contribution in [-0.2, 0) is 0 Å². The molecule has 0 fully saturated rings. The first-order valence-corrected chi connectivity index (χ1v) is 9.89. The minimum atomic E-state index is -0.466. The van der Waals surface area contributed by atoms with Crippen LogP contribution in [0, 0.1) is 0 Å². The van der Waals surface area contributed by atoms with Gasteiger partial charge in [0, 0.05) is 15.6 Å². The topological polar surface area (TPSA) is 109 Å². The van der Waals surface area contributed by atoms with Crippen molar-refractivity contribution in [2.75, 3.05) is 7.11 Å². The standard InChI is InChI=1S/C21H21BrN4O4/c1-12(2)30-19-7-4-13(9-20(19)29-3)16-10-17(25-24-16)21(28)26-23-11-14-8-15(22)5-6-18(14)27/h4-12,27H,1-3H3,(H,24,25)(H,26,28)/b23-11+. The summed E-state index contributed by atoms with van der Waals surface area (Å²) >= 11 is 3.31. The molecule has 0 radical (unpaired) electrons. The van der Waals surface area contributed by atoms with Crippen molar-refractivity contribution in [2.24, 2.45) is 5.10 Å². The van der Waals surface area contributed by atoms with Gasteiger partial charge in [0.15, 0.2) is 11.5 Å². The monoisotopic (exact) mass is 472 g/mol. The smallest absolute Gasteiger partial charge is 0.289 e. The minimum absolute atomic E-state index is 0.0184. The Morgan fingerprint density at radius 1 is 1.23 bits per heavy atom. The van der Waals surface area contributed by atoms with E-state index in [1.54, 1.807) is 37.4 Å². The summed E-state index contributed by atoms with van der Waals surface area (Å²) in [7, 11) is 1.57. The van der Waals surface area contributed by atoms with Gasteiger partial charge in [-0.2, -0.15) is 10.2 Å². The van der Waals surface area contributed by atoms with Gasteiger partial charge in [-0.1, -0.05) is 15.9 Å². The van der Waals surface area contributed by atoms with Crippen molar-refractivity contribution >= 4 is 28.1 Å². The molecule has 3 N–H and O–H groups in total. The molecule has 0 aliphatic rings. The highest BCUT2D eigenvalue weighted by Crippen LogP contribution is 2.32. The summed E-state index contributed by atoms with van der Waals surface area (Å²) in [4.78, 5) is 12.3. The number of phenolic OH excluding ortho intramolecular Hbond substituents is 1. The third-order valence-corrected chi connectivity index (χ3v) is 4.50. The lowest BCUT2D eigenvalue weighted by atomic mass is 10.1. The molecule has 1 amide bonds. The van der Waals surface area contributed by atoms with Crippen molar-refractivity contribution in [3.8, 4) is 28.5 Å². The van der Waals surface area contributed by atoms with E-state index in [4.69, 9.17) is 9.47 Å². The third-order valence-electron chi connectivity index (χ3n) is 4.00. The molecule has 2 aromatic carbocycles. The fraction of sp³-hybridized carbons (Fsp3) is 0.190. The van der Waals surface area contributed by atoms with E-state index in [-0.39, 0.29) is 17.5 Å². The summed E-state index contributed by atoms with van der Waals surface area (Å²) in [6.45, 7) is 3.87. The van der Waals surface area contributed by atoms with Crippen molar-refractivity contribution < 1.29 is 19.4 Å². The Morgan fingerprint density at radius 3 is 2.77 bits per heavy atom. The molecule has 0 unspecified atom stereocenters.